The molecule has 26 heavy (non-hydrogen) atoms. The van der Waals surface area contributed by atoms with Gasteiger partial charge in [0.1, 0.15) is 11.5 Å². The minimum absolute atomic E-state index is 0.148. The van der Waals surface area contributed by atoms with Gasteiger partial charge in [-0.15, -0.1) is 0 Å². The van der Waals surface area contributed by atoms with Crippen LogP contribution in [-0.4, -0.2) is 13.6 Å². The Labute approximate surface area is 170 Å². The maximum absolute atomic E-state index is 12.8. The van der Waals surface area contributed by atoms with Gasteiger partial charge in [0.2, 0.25) is 10.0 Å². The summed E-state index contributed by atoms with van der Waals surface area (Å²) in [5.74, 6) is 0.657. The van der Waals surface area contributed by atoms with Crippen LogP contribution in [0.4, 0.5) is 0 Å². The molecule has 136 valence electrons. The molecular formula is C18H16ClIN2O3S. The van der Waals surface area contributed by atoms with Crippen LogP contribution in [0.5, 0.6) is 0 Å². The fourth-order valence-corrected chi connectivity index (χ4v) is 4.41. The molecule has 1 atom stereocenters. The van der Waals surface area contributed by atoms with Crippen molar-refractivity contribution < 1.29 is 12.9 Å². The van der Waals surface area contributed by atoms with Gasteiger partial charge in [0.25, 0.3) is 0 Å². The van der Waals surface area contributed by atoms with E-state index in [0.717, 1.165) is 9.13 Å². The first-order valence-electron chi connectivity index (χ1n) is 7.80. The number of benzene rings is 2. The number of sulfonamides is 1. The largest absolute Gasteiger partial charge is 0.360 e. The smallest absolute Gasteiger partial charge is 0.241 e. The second kappa shape index (κ2) is 8.08. The van der Waals surface area contributed by atoms with Gasteiger partial charge in [-0.25, -0.2) is 13.1 Å². The van der Waals surface area contributed by atoms with E-state index in [1.807, 2.05) is 30.3 Å². The van der Waals surface area contributed by atoms with Crippen molar-refractivity contribution in [2.24, 2.45) is 0 Å². The van der Waals surface area contributed by atoms with Crippen LogP contribution < -0.4 is 4.72 Å². The quantitative estimate of drug-likeness (QED) is 0.504. The standard InChI is InChI=1S/C18H16ClIN2O3S/c1-12-17(20)18(21-25-12)16(11-13-5-3-2-4-6-13)22-26(23,24)15-9-7-14(19)8-10-15/h2-10,16,22H,11H2,1H3. The van der Waals surface area contributed by atoms with E-state index in [1.54, 1.807) is 19.1 Å². The highest BCUT2D eigenvalue weighted by Crippen LogP contribution is 2.27. The summed E-state index contributed by atoms with van der Waals surface area (Å²) in [5.41, 5.74) is 1.57. The third-order valence-corrected chi connectivity index (χ3v) is 6.90. The summed E-state index contributed by atoms with van der Waals surface area (Å²) in [4.78, 5) is 0.148. The monoisotopic (exact) mass is 502 g/mol. The van der Waals surface area contributed by atoms with Crippen molar-refractivity contribution in [2.45, 2.75) is 24.3 Å². The number of hydrogen-bond donors (Lipinski definition) is 1. The maximum atomic E-state index is 12.8. The molecule has 1 heterocycles. The first-order chi connectivity index (χ1) is 12.4. The molecule has 2 aromatic carbocycles. The molecule has 0 radical (unpaired) electrons. The van der Waals surface area contributed by atoms with Crippen molar-refractivity contribution in [2.75, 3.05) is 0 Å². The van der Waals surface area contributed by atoms with Crippen LogP contribution in [0.2, 0.25) is 5.02 Å². The van der Waals surface area contributed by atoms with Crippen LogP contribution >= 0.6 is 34.2 Å². The van der Waals surface area contributed by atoms with Crippen molar-refractivity contribution in [3.05, 3.63) is 80.2 Å². The lowest BCUT2D eigenvalue weighted by Gasteiger charge is -2.17. The van der Waals surface area contributed by atoms with Crippen molar-refractivity contribution >= 4 is 44.2 Å². The summed E-state index contributed by atoms with van der Waals surface area (Å²) < 4.78 is 34.4. The van der Waals surface area contributed by atoms with Crippen molar-refractivity contribution in [1.82, 2.24) is 9.88 Å². The second-order valence-corrected chi connectivity index (χ2v) is 8.98. The zero-order chi connectivity index (χ0) is 18.7. The lowest BCUT2D eigenvalue weighted by atomic mass is 10.0. The van der Waals surface area contributed by atoms with Crippen LogP contribution in [0.15, 0.2) is 64.0 Å². The van der Waals surface area contributed by atoms with Gasteiger partial charge in [-0.3, -0.25) is 0 Å². The number of aryl methyl sites for hydroxylation is 1. The zero-order valence-corrected chi connectivity index (χ0v) is 17.5. The molecule has 0 bridgehead atoms. The maximum Gasteiger partial charge on any atom is 0.241 e. The van der Waals surface area contributed by atoms with Gasteiger partial charge in [-0.2, -0.15) is 0 Å². The summed E-state index contributed by atoms with van der Waals surface area (Å²) in [6, 6.07) is 15.1. The lowest BCUT2D eigenvalue weighted by molar-refractivity contribution is 0.382. The van der Waals surface area contributed by atoms with Gasteiger partial charge in [0, 0.05) is 5.02 Å². The van der Waals surface area contributed by atoms with Gasteiger partial charge in [-0.05, 0) is 65.8 Å². The predicted molar refractivity (Wildman–Crippen MR) is 109 cm³/mol. The predicted octanol–water partition coefficient (Wildman–Crippen LogP) is 4.50. The van der Waals surface area contributed by atoms with Gasteiger partial charge < -0.3 is 4.52 Å². The van der Waals surface area contributed by atoms with E-state index in [4.69, 9.17) is 16.1 Å². The molecule has 0 fully saturated rings. The summed E-state index contributed by atoms with van der Waals surface area (Å²) in [7, 11) is -3.75. The number of nitrogens with one attached hydrogen (secondary N) is 1. The van der Waals surface area contributed by atoms with E-state index in [-0.39, 0.29) is 4.90 Å². The Morgan fingerprint density at radius 3 is 2.38 bits per heavy atom. The Bertz CT molecular complexity index is 989. The first-order valence-corrected chi connectivity index (χ1v) is 10.7. The Morgan fingerprint density at radius 2 is 1.81 bits per heavy atom. The number of nitrogens with zero attached hydrogens (tertiary/aromatic N) is 1. The lowest BCUT2D eigenvalue weighted by Crippen LogP contribution is -2.30. The third kappa shape index (κ3) is 4.46. The van der Waals surface area contributed by atoms with Crippen LogP contribution in [0.25, 0.3) is 0 Å². The molecule has 0 spiro atoms. The number of aromatic nitrogens is 1. The summed E-state index contributed by atoms with van der Waals surface area (Å²) >= 11 is 7.98. The topological polar surface area (TPSA) is 72.2 Å². The highest BCUT2D eigenvalue weighted by molar-refractivity contribution is 14.1. The molecule has 1 aromatic heterocycles. The van der Waals surface area contributed by atoms with E-state index < -0.39 is 16.1 Å². The van der Waals surface area contributed by atoms with Gasteiger partial charge >= 0.3 is 0 Å². The molecule has 0 saturated carbocycles. The molecule has 0 saturated heterocycles. The Balaban J connectivity index is 1.95. The molecule has 3 aromatic rings. The van der Waals surface area contributed by atoms with Crippen molar-refractivity contribution in [1.29, 1.82) is 0 Å². The number of halogens is 2. The molecule has 1 N–H and O–H groups in total. The Kier molecular flexibility index (Phi) is 6.01. The fraction of sp³-hybridized carbons (Fsp3) is 0.167. The molecule has 5 nitrogen and oxygen atoms in total. The fourth-order valence-electron chi connectivity index (χ4n) is 2.51. The van der Waals surface area contributed by atoms with Crippen LogP contribution in [-0.2, 0) is 16.4 Å². The molecule has 0 aliphatic heterocycles. The van der Waals surface area contributed by atoms with Crippen molar-refractivity contribution in [3.8, 4) is 0 Å². The molecule has 8 heteroatoms. The average molecular weight is 503 g/mol. The molecule has 1 unspecified atom stereocenters. The van der Waals surface area contributed by atoms with Gasteiger partial charge in [0.05, 0.1) is 14.5 Å². The van der Waals surface area contributed by atoms with E-state index >= 15 is 0 Å². The Hall–Kier alpha value is -1.42. The molecule has 0 aliphatic rings. The minimum Gasteiger partial charge on any atom is -0.360 e. The van der Waals surface area contributed by atoms with E-state index in [9.17, 15) is 8.42 Å². The normalized spacial score (nSPS) is 12.9. The Morgan fingerprint density at radius 1 is 1.15 bits per heavy atom. The van der Waals surface area contributed by atoms with E-state index in [2.05, 4.69) is 32.5 Å². The van der Waals surface area contributed by atoms with E-state index in [1.165, 1.54) is 12.1 Å². The van der Waals surface area contributed by atoms with Gasteiger partial charge in [-0.1, -0.05) is 47.1 Å². The van der Waals surface area contributed by atoms with Crippen LogP contribution in [0.1, 0.15) is 23.1 Å². The number of rotatable bonds is 6. The van der Waals surface area contributed by atoms with Crippen LogP contribution in [0, 0.1) is 10.5 Å². The summed E-state index contributed by atoms with van der Waals surface area (Å²) in [5, 5.41) is 4.55. The summed E-state index contributed by atoms with van der Waals surface area (Å²) in [6.45, 7) is 1.80. The van der Waals surface area contributed by atoms with Gasteiger partial charge in [0.15, 0.2) is 0 Å². The zero-order valence-electron chi connectivity index (χ0n) is 13.8. The molecule has 0 aliphatic carbocycles. The number of hydrogen-bond acceptors (Lipinski definition) is 4. The van der Waals surface area contributed by atoms with E-state index in [0.29, 0.717) is 22.9 Å². The molecular weight excluding hydrogens is 487 g/mol. The second-order valence-electron chi connectivity index (χ2n) is 5.76. The SMILES string of the molecule is Cc1onc(C(Cc2ccccc2)NS(=O)(=O)c2ccc(Cl)cc2)c1I. The first kappa shape index (κ1) is 19.3. The highest BCUT2D eigenvalue weighted by atomic mass is 127. The third-order valence-electron chi connectivity index (χ3n) is 3.85. The molecule has 0 amide bonds. The van der Waals surface area contributed by atoms with Crippen molar-refractivity contribution in [3.63, 3.8) is 0 Å². The highest BCUT2D eigenvalue weighted by Gasteiger charge is 2.27. The minimum atomic E-state index is -3.75. The average Bonchev–Trinajstić information content (AvgIpc) is 2.95. The molecule has 3 rings (SSSR count). The summed E-state index contributed by atoms with van der Waals surface area (Å²) in [6.07, 6.45) is 0.454. The van der Waals surface area contributed by atoms with Crippen LogP contribution in [0.3, 0.4) is 0 Å².